The van der Waals surface area contributed by atoms with E-state index in [-0.39, 0.29) is 5.56 Å². The quantitative estimate of drug-likeness (QED) is 0.656. The first kappa shape index (κ1) is 15.7. The molecule has 0 radical (unpaired) electrons. The van der Waals surface area contributed by atoms with Crippen LogP contribution in [0.4, 0.5) is 0 Å². The molecular formula is C15H22N2O3Si. The summed E-state index contributed by atoms with van der Waals surface area (Å²) in [7, 11) is -1.08. The van der Waals surface area contributed by atoms with Gasteiger partial charge in [0.05, 0.1) is 16.6 Å². The van der Waals surface area contributed by atoms with Crippen molar-refractivity contribution in [2.45, 2.75) is 39.3 Å². The number of aromatic carboxylic acids is 1. The molecule has 0 atom stereocenters. The highest BCUT2D eigenvalue weighted by molar-refractivity contribution is 6.76. The standard InChI is InChI=1S/C15H22N2O3Si/c1-11-16-13-9-12(15(18)19)5-6-14(13)17(11)10-20-7-8-21(2,3)4/h5-6,9H,7-8,10H2,1-4H3,(H,18,19). The monoisotopic (exact) mass is 306 g/mol. The normalized spacial score (nSPS) is 12.0. The van der Waals surface area contributed by atoms with Gasteiger partial charge in [0.2, 0.25) is 0 Å². The number of hydrogen-bond donors (Lipinski definition) is 1. The smallest absolute Gasteiger partial charge is 0.335 e. The maximum absolute atomic E-state index is 11.0. The van der Waals surface area contributed by atoms with Gasteiger partial charge in [-0.1, -0.05) is 19.6 Å². The summed E-state index contributed by atoms with van der Waals surface area (Å²) in [6.45, 7) is 10.1. The van der Waals surface area contributed by atoms with Gasteiger partial charge in [0.1, 0.15) is 12.6 Å². The van der Waals surface area contributed by atoms with Crippen molar-refractivity contribution < 1.29 is 14.6 Å². The fourth-order valence-corrected chi connectivity index (χ4v) is 2.84. The third-order valence-electron chi connectivity index (χ3n) is 3.40. The molecule has 5 nitrogen and oxygen atoms in total. The summed E-state index contributed by atoms with van der Waals surface area (Å²) < 4.78 is 7.74. The van der Waals surface area contributed by atoms with Gasteiger partial charge in [-0.15, -0.1) is 0 Å². The van der Waals surface area contributed by atoms with Gasteiger partial charge in [-0.25, -0.2) is 9.78 Å². The van der Waals surface area contributed by atoms with Crippen molar-refractivity contribution in [2.24, 2.45) is 0 Å². The van der Waals surface area contributed by atoms with E-state index in [1.807, 2.05) is 11.5 Å². The van der Waals surface area contributed by atoms with Gasteiger partial charge in [0.25, 0.3) is 0 Å². The predicted molar refractivity (Wildman–Crippen MR) is 85.5 cm³/mol. The van der Waals surface area contributed by atoms with E-state index in [1.165, 1.54) is 0 Å². The number of fused-ring (bicyclic) bond motifs is 1. The number of carbonyl (C=O) groups is 1. The molecule has 114 valence electrons. The van der Waals surface area contributed by atoms with Crippen LogP contribution in [0.5, 0.6) is 0 Å². The first-order chi connectivity index (χ1) is 9.78. The molecule has 0 unspecified atom stereocenters. The Kier molecular flexibility index (Phi) is 4.48. The minimum Gasteiger partial charge on any atom is -0.478 e. The maximum Gasteiger partial charge on any atom is 0.335 e. The van der Waals surface area contributed by atoms with Crippen LogP contribution in [0, 0.1) is 6.92 Å². The molecule has 1 aromatic carbocycles. The zero-order chi connectivity index (χ0) is 15.6. The number of nitrogens with zero attached hydrogens (tertiary/aromatic N) is 2. The van der Waals surface area contributed by atoms with Gasteiger partial charge in [0, 0.05) is 14.7 Å². The lowest BCUT2D eigenvalue weighted by Crippen LogP contribution is -2.22. The summed E-state index contributed by atoms with van der Waals surface area (Å²) in [6, 6.07) is 6.12. The van der Waals surface area contributed by atoms with Crippen molar-refractivity contribution in [1.29, 1.82) is 0 Å². The molecule has 0 saturated heterocycles. The minimum absolute atomic E-state index is 0.256. The van der Waals surface area contributed by atoms with Gasteiger partial charge in [-0.2, -0.15) is 0 Å². The van der Waals surface area contributed by atoms with Crippen LogP contribution >= 0.6 is 0 Å². The van der Waals surface area contributed by atoms with Crippen LogP contribution in [0.15, 0.2) is 18.2 Å². The van der Waals surface area contributed by atoms with E-state index in [9.17, 15) is 4.79 Å². The molecule has 6 heteroatoms. The number of rotatable bonds is 6. The van der Waals surface area contributed by atoms with E-state index in [4.69, 9.17) is 9.84 Å². The van der Waals surface area contributed by atoms with Crippen LogP contribution < -0.4 is 0 Å². The van der Waals surface area contributed by atoms with Crippen molar-refractivity contribution in [1.82, 2.24) is 9.55 Å². The molecule has 2 rings (SSSR count). The van der Waals surface area contributed by atoms with Crippen molar-refractivity contribution in [3.8, 4) is 0 Å². The fraction of sp³-hybridized carbons (Fsp3) is 0.467. The highest BCUT2D eigenvalue weighted by Crippen LogP contribution is 2.18. The van der Waals surface area contributed by atoms with Gasteiger partial charge in [0.15, 0.2) is 0 Å². The average molecular weight is 306 g/mol. The number of aryl methyl sites for hydroxylation is 1. The zero-order valence-corrected chi connectivity index (χ0v) is 14.0. The van der Waals surface area contributed by atoms with Crippen molar-refractivity contribution in [2.75, 3.05) is 6.61 Å². The second-order valence-electron chi connectivity index (χ2n) is 6.44. The Labute approximate surface area is 125 Å². The minimum atomic E-state index is -1.08. The van der Waals surface area contributed by atoms with E-state index in [1.54, 1.807) is 18.2 Å². The van der Waals surface area contributed by atoms with E-state index >= 15 is 0 Å². The van der Waals surface area contributed by atoms with Crippen LogP contribution in [0.2, 0.25) is 25.7 Å². The highest BCUT2D eigenvalue weighted by atomic mass is 28.3. The third kappa shape index (κ3) is 3.92. The molecule has 0 aliphatic carbocycles. The molecule has 0 amide bonds. The Morgan fingerprint density at radius 3 is 2.71 bits per heavy atom. The first-order valence-corrected chi connectivity index (χ1v) is 10.8. The molecule has 1 aromatic heterocycles. The lowest BCUT2D eigenvalue weighted by Gasteiger charge is -2.16. The molecule has 1 N–H and O–H groups in total. The van der Waals surface area contributed by atoms with Gasteiger partial charge >= 0.3 is 5.97 Å². The third-order valence-corrected chi connectivity index (χ3v) is 5.11. The maximum atomic E-state index is 11.0. The van der Waals surface area contributed by atoms with Gasteiger partial charge in [-0.05, 0) is 31.2 Å². The average Bonchev–Trinajstić information content (AvgIpc) is 2.68. The van der Waals surface area contributed by atoms with Crippen LogP contribution in [0.1, 0.15) is 16.2 Å². The Morgan fingerprint density at radius 1 is 1.38 bits per heavy atom. The Hall–Kier alpha value is -1.66. The number of aromatic nitrogens is 2. The number of carboxylic acid groups (broad SMARTS) is 1. The van der Waals surface area contributed by atoms with Crippen LogP contribution in [-0.4, -0.2) is 35.3 Å². The van der Waals surface area contributed by atoms with Gasteiger partial charge in [-0.3, -0.25) is 0 Å². The topological polar surface area (TPSA) is 64.3 Å². The zero-order valence-electron chi connectivity index (χ0n) is 13.0. The summed E-state index contributed by atoms with van der Waals surface area (Å²) in [5.74, 6) is -0.101. The molecule has 0 bridgehead atoms. The first-order valence-electron chi connectivity index (χ1n) is 7.06. The molecule has 21 heavy (non-hydrogen) atoms. The molecular weight excluding hydrogens is 284 g/mol. The number of carboxylic acids is 1. The van der Waals surface area contributed by atoms with E-state index in [0.717, 1.165) is 24.0 Å². The lowest BCUT2D eigenvalue weighted by molar-refractivity contribution is 0.0697. The summed E-state index contributed by atoms with van der Waals surface area (Å²) in [4.78, 5) is 15.4. The molecule has 0 aliphatic heterocycles. The highest BCUT2D eigenvalue weighted by Gasteiger charge is 2.13. The van der Waals surface area contributed by atoms with Crippen molar-refractivity contribution in [3.05, 3.63) is 29.6 Å². The molecule has 1 heterocycles. The Balaban J connectivity index is 2.13. The number of imidazole rings is 1. The van der Waals surface area contributed by atoms with Crippen molar-refractivity contribution >= 4 is 25.1 Å². The second-order valence-corrected chi connectivity index (χ2v) is 12.1. The molecule has 0 fully saturated rings. The van der Waals surface area contributed by atoms with Gasteiger partial charge < -0.3 is 14.4 Å². The van der Waals surface area contributed by atoms with Crippen molar-refractivity contribution in [3.63, 3.8) is 0 Å². The summed E-state index contributed by atoms with van der Waals surface area (Å²) >= 11 is 0. The lowest BCUT2D eigenvalue weighted by atomic mass is 10.2. The largest absolute Gasteiger partial charge is 0.478 e. The number of benzene rings is 1. The molecule has 2 aromatic rings. The molecule has 0 aliphatic rings. The van der Waals surface area contributed by atoms with E-state index in [0.29, 0.717) is 12.2 Å². The van der Waals surface area contributed by atoms with Crippen LogP contribution in [0.25, 0.3) is 11.0 Å². The number of hydrogen-bond acceptors (Lipinski definition) is 3. The summed E-state index contributed by atoms with van der Waals surface area (Å²) in [6.07, 6.45) is 0. The fourth-order valence-electron chi connectivity index (χ4n) is 2.08. The van der Waals surface area contributed by atoms with Crippen LogP contribution in [0.3, 0.4) is 0 Å². The summed E-state index contributed by atoms with van der Waals surface area (Å²) in [5, 5.41) is 9.01. The van der Waals surface area contributed by atoms with Crippen LogP contribution in [-0.2, 0) is 11.5 Å². The summed E-state index contributed by atoms with van der Waals surface area (Å²) in [5.41, 5.74) is 1.86. The Morgan fingerprint density at radius 2 is 2.10 bits per heavy atom. The number of ether oxygens (including phenoxy) is 1. The van der Waals surface area contributed by atoms with E-state index in [2.05, 4.69) is 24.6 Å². The Bertz CT molecular complexity index is 659. The molecule has 0 saturated carbocycles. The molecule has 0 spiro atoms. The van der Waals surface area contributed by atoms with E-state index < -0.39 is 14.0 Å². The SMILES string of the molecule is Cc1nc2cc(C(=O)O)ccc2n1COCC[Si](C)(C)C. The predicted octanol–water partition coefficient (Wildman–Crippen LogP) is 3.36. The second kappa shape index (κ2) is 5.99.